The molecule has 19 heavy (non-hydrogen) atoms. The number of aromatic nitrogens is 1. The summed E-state index contributed by atoms with van der Waals surface area (Å²) in [5, 5.41) is 6.16. The molecule has 0 radical (unpaired) electrons. The molecule has 2 rings (SSSR count). The van der Waals surface area contributed by atoms with Crippen molar-refractivity contribution in [3.63, 3.8) is 0 Å². The van der Waals surface area contributed by atoms with Gasteiger partial charge in [-0.1, -0.05) is 13.0 Å². The van der Waals surface area contributed by atoms with Gasteiger partial charge in [-0.05, 0) is 25.5 Å². The lowest BCUT2D eigenvalue weighted by molar-refractivity contribution is -0.128. The molecule has 1 atom stereocenters. The molecule has 0 aromatic carbocycles. The molecule has 1 fully saturated rings. The van der Waals surface area contributed by atoms with E-state index < -0.39 is 0 Å². The number of pyridine rings is 1. The second-order valence-electron chi connectivity index (χ2n) is 4.88. The van der Waals surface area contributed by atoms with Crippen molar-refractivity contribution < 1.29 is 4.79 Å². The number of nitrogens with one attached hydrogen (secondary N) is 2. The molecule has 1 saturated heterocycles. The Bertz CT molecular complexity index is 435. The Morgan fingerprint density at radius 1 is 1.53 bits per heavy atom. The number of piperazine rings is 1. The highest BCUT2D eigenvalue weighted by atomic mass is 16.2. The lowest BCUT2D eigenvalue weighted by Crippen LogP contribution is -2.53. The molecule has 1 aromatic rings. The lowest BCUT2D eigenvalue weighted by atomic mass is 10.2. The van der Waals surface area contributed by atoms with Crippen molar-refractivity contribution in [2.24, 2.45) is 0 Å². The summed E-state index contributed by atoms with van der Waals surface area (Å²) in [4.78, 5) is 18.4. The van der Waals surface area contributed by atoms with Crippen molar-refractivity contribution in [1.29, 1.82) is 0 Å². The van der Waals surface area contributed by atoms with Crippen molar-refractivity contribution in [1.82, 2.24) is 15.2 Å². The highest BCUT2D eigenvalue weighted by Crippen LogP contribution is 2.11. The van der Waals surface area contributed by atoms with Gasteiger partial charge in [-0.2, -0.15) is 0 Å². The Balaban J connectivity index is 2.00. The van der Waals surface area contributed by atoms with E-state index in [1.165, 1.54) is 0 Å². The van der Waals surface area contributed by atoms with Crippen molar-refractivity contribution in [2.45, 2.75) is 32.9 Å². The molecule has 0 saturated carbocycles. The summed E-state index contributed by atoms with van der Waals surface area (Å²) in [6.45, 7) is 7.31. The van der Waals surface area contributed by atoms with E-state index in [0.717, 1.165) is 44.1 Å². The number of amides is 1. The van der Waals surface area contributed by atoms with E-state index in [-0.39, 0.29) is 11.9 Å². The third-order valence-corrected chi connectivity index (χ3v) is 3.35. The first-order valence-corrected chi connectivity index (χ1v) is 6.92. The molecule has 1 unspecified atom stereocenters. The minimum atomic E-state index is -0.0807. The van der Waals surface area contributed by atoms with Gasteiger partial charge in [0.25, 0.3) is 0 Å². The van der Waals surface area contributed by atoms with E-state index in [9.17, 15) is 4.79 Å². The van der Waals surface area contributed by atoms with Crippen LogP contribution in [0.1, 0.15) is 26.0 Å². The number of hydrogen-bond acceptors (Lipinski definition) is 4. The van der Waals surface area contributed by atoms with Crippen LogP contribution in [0.15, 0.2) is 18.2 Å². The Kier molecular flexibility index (Phi) is 4.74. The minimum Gasteiger partial charge on any atom is -0.370 e. The van der Waals surface area contributed by atoms with E-state index >= 15 is 0 Å². The molecule has 2 heterocycles. The van der Waals surface area contributed by atoms with E-state index in [1.807, 2.05) is 25.1 Å². The third kappa shape index (κ3) is 3.67. The standard InChI is InChI=1S/C14H22N4O/c1-3-7-15-13-6-4-5-12(17-13)10-18-9-8-16-14(19)11(18)2/h4-6,11H,3,7-10H2,1-2H3,(H,15,17)(H,16,19). The molecule has 5 heteroatoms. The van der Waals surface area contributed by atoms with Gasteiger partial charge >= 0.3 is 0 Å². The van der Waals surface area contributed by atoms with Gasteiger partial charge < -0.3 is 10.6 Å². The average molecular weight is 262 g/mol. The van der Waals surface area contributed by atoms with Gasteiger partial charge in [0.2, 0.25) is 5.91 Å². The monoisotopic (exact) mass is 262 g/mol. The van der Waals surface area contributed by atoms with Crippen LogP contribution in [0.25, 0.3) is 0 Å². The van der Waals surface area contributed by atoms with Gasteiger partial charge in [0.15, 0.2) is 0 Å². The first kappa shape index (κ1) is 13.8. The fourth-order valence-corrected chi connectivity index (χ4v) is 2.17. The number of hydrogen-bond donors (Lipinski definition) is 2. The van der Waals surface area contributed by atoms with Gasteiger partial charge in [0, 0.05) is 26.2 Å². The number of anilines is 1. The topological polar surface area (TPSA) is 57.3 Å². The maximum absolute atomic E-state index is 11.6. The summed E-state index contributed by atoms with van der Waals surface area (Å²) in [7, 11) is 0. The predicted molar refractivity (Wildman–Crippen MR) is 75.9 cm³/mol. The van der Waals surface area contributed by atoms with Crippen LogP contribution in [0.2, 0.25) is 0 Å². The summed E-state index contributed by atoms with van der Waals surface area (Å²) >= 11 is 0. The van der Waals surface area contributed by atoms with Crippen LogP contribution in [-0.4, -0.2) is 41.5 Å². The third-order valence-electron chi connectivity index (χ3n) is 3.35. The zero-order valence-electron chi connectivity index (χ0n) is 11.6. The first-order chi connectivity index (χ1) is 9.20. The quantitative estimate of drug-likeness (QED) is 0.838. The van der Waals surface area contributed by atoms with Crippen LogP contribution < -0.4 is 10.6 Å². The Morgan fingerprint density at radius 3 is 3.16 bits per heavy atom. The first-order valence-electron chi connectivity index (χ1n) is 6.92. The Hall–Kier alpha value is -1.62. The average Bonchev–Trinajstić information content (AvgIpc) is 2.42. The lowest BCUT2D eigenvalue weighted by Gasteiger charge is -2.32. The highest BCUT2D eigenvalue weighted by molar-refractivity contribution is 5.81. The van der Waals surface area contributed by atoms with Gasteiger partial charge in [0.1, 0.15) is 5.82 Å². The molecule has 0 bridgehead atoms. The number of rotatable bonds is 5. The van der Waals surface area contributed by atoms with Gasteiger partial charge in [-0.15, -0.1) is 0 Å². The molecule has 0 spiro atoms. The van der Waals surface area contributed by atoms with E-state index in [1.54, 1.807) is 0 Å². The molecule has 5 nitrogen and oxygen atoms in total. The number of carbonyl (C=O) groups excluding carboxylic acids is 1. The van der Waals surface area contributed by atoms with Crippen LogP contribution >= 0.6 is 0 Å². The largest absolute Gasteiger partial charge is 0.370 e. The smallest absolute Gasteiger partial charge is 0.237 e. The van der Waals surface area contributed by atoms with Crippen LogP contribution in [0.3, 0.4) is 0 Å². The van der Waals surface area contributed by atoms with Crippen LogP contribution in [0.5, 0.6) is 0 Å². The van der Waals surface area contributed by atoms with Gasteiger partial charge in [-0.3, -0.25) is 9.69 Å². The summed E-state index contributed by atoms with van der Waals surface area (Å²) in [5.74, 6) is 1.01. The van der Waals surface area contributed by atoms with Crippen LogP contribution in [-0.2, 0) is 11.3 Å². The zero-order valence-corrected chi connectivity index (χ0v) is 11.6. The molecule has 1 aliphatic rings. The SMILES string of the molecule is CCCNc1cccc(CN2CCNC(=O)C2C)n1. The molecule has 104 valence electrons. The highest BCUT2D eigenvalue weighted by Gasteiger charge is 2.25. The second-order valence-corrected chi connectivity index (χ2v) is 4.88. The summed E-state index contributed by atoms with van der Waals surface area (Å²) < 4.78 is 0. The number of carbonyl (C=O) groups is 1. The van der Waals surface area contributed by atoms with Crippen molar-refractivity contribution in [3.8, 4) is 0 Å². The summed E-state index contributed by atoms with van der Waals surface area (Å²) in [5.41, 5.74) is 1.00. The van der Waals surface area contributed by atoms with Gasteiger partial charge in [-0.25, -0.2) is 4.98 Å². The molecule has 1 aliphatic heterocycles. The summed E-state index contributed by atoms with van der Waals surface area (Å²) in [6, 6.07) is 5.92. The van der Waals surface area contributed by atoms with Gasteiger partial charge in [0.05, 0.1) is 11.7 Å². The molecular weight excluding hydrogens is 240 g/mol. The van der Waals surface area contributed by atoms with E-state index in [4.69, 9.17) is 0 Å². The van der Waals surface area contributed by atoms with Crippen molar-refractivity contribution >= 4 is 11.7 Å². The predicted octanol–water partition coefficient (Wildman–Crippen LogP) is 1.22. The Labute approximate surface area is 114 Å². The normalized spacial score (nSPS) is 20.1. The molecule has 0 aliphatic carbocycles. The van der Waals surface area contributed by atoms with Crippen LogP contribution in [0, 0.1) is 0 Å². The maximum atomic E-state index is 11.6. The van der Waals surface area contributed by atoms with E-state index in [2.05, 4.69) is 27.4 Å². The number of nitrogens with zero attached hydrogens (tertiary/aromatic N) is 2. The molecule has 2 N–H and O–H groups in total. The molecule has 1 amide bonds. The fourth-order valence-electron chi connectivity index (χ4n) is 2.17. The van der Waals surface area contributed by atoms with Crippen molar-refractivity contribution in [2.75, 3.05) is 25.0 Å². The maximum Gasteiger partial charge on any atom is 0.237 e. The minimum absolute atomic E-state index is 0.0807. The van der Waals surface area contributed by atoms with E-state index in [0.29, 0.717) is 0 Å². The molecule has 1 aromatic heterocycles. The second kappa shape index (κ2) is 6.52. The van der Waals surface area contributed by atoms with Crippen molar-refractivity contribution in [3.05, 3.63) is 23.9 Å². The zero-order chi connectivity index (χ0) is 13.7. The Morgan fingerprint density at radius 2 is 2.37 bits per heavy atom. The molecular formula is C14H22N4O. The van der Waals surface area contributed by atoms with Crippen LogP contribution in [0.4, 0.5) is 5.82 Å². The fraction of sp³-hybridized carbons (Fsp3) is 0.571. The summed E-state index contributed by atoms with van der Waals surface area (Å²) in [6.07, 6.45) is 1.08.